The highest BCUT2D eigenvalue weighted by molar-refractivity contribution is 5.68. The lowest BCUT2D eigenvalue weighted by atomic mass is 9.90. The molecule has 1 aliphatic heterocycles. The van der Waals surface area contributed by atoms with Gasteiger partial charge in [0.05, 0.1) is 13.2 Å². The van der Waals surface area contributed by atoms with E-state index in [1.54, 1.807) is 0 Å². The normalized spacial score (nSPS) is 29.2. The summed E-state index contributed by atoms with van der Waals surface area (Å²) in [6, 6.07) is 0.193. The average molecular weight is 255 g/mol. The first-order valence-corrected chi connectivity index (χ1v) is 6.87. The van der Waals surface area contributed by atoms with Crippen molar-refractivity contribution in [3.63, 3.8) is 0 Å². The Morgan fingerprint density at radius 2 is 1.78 bits per heavy atom. The number of hydrogen-bond acceptors (Lipinski definition) is 4. The predicted octanol–water partition coefficient (Wildman–Crippen LogP) is 1.95. The summed E-state index contributed by atoms with van der Waals surface area (Å²) in [5.41, 5.74) is -0.197. The first-order chi connectivity index (χ1) is 8.59. The Bertz CT molecular complexity index is 324. The molecule has 0 aromatic heterocycles. The molecule has 5 heteroatoms. The second kappa shape index (κ2) is 4.38. The van der Waals surface area contributed by atoms with Crippen LogP contribution in [0.2, 0.25) is 0 Å². The molecule has 18 heavy (non-hydrogen) atoms. The van der Waals surface area contributed by atoms with Gasteiger partial charge in [-0.05, 0) is 32.6 Å². The first kappa shape index (κ1) is 12.2. The maximum atomic E-state index is 11.7. The molecule has 0 bridgehead atoms. The Labute approximate surface area is 107 Å². The molecule has 0 atom stereocenters. The molecular formula is C13H21NO4. The fourth-order valence-corrected chi connectivity index (χ4v) is 2.69. The van der Waals surface area contributed by atoms with Crippen LogP contribution < -0.4 is 5.32 Å². The van der Waals surface area contributed by atoms with Crippen molar-refractivity contribution >= 4 is 6.09 Å². The number of nitrogens with one attached hydrogen (secondary N) is 1. The van der Waals surface area contributed by atoms with E-state index in [9.17, 15) is 4.79 Å². The van der Waals surface area contributed by atoms with Gasteiger partial charge < -0.3 is 19.5 Å². The minimum atomic E-state index is -0.357. The highest BCUT2D eigenvalue weighted by atomic mass is 16.7. The largest absolute Gasteiger partial charge is 0.443 e. The van der Waals surface area contributed by atoms with Crippen LogP contribution in [0.3, 0.4) is 0 Å². The highest BCUT2D eigenvalue weighted by Crippen LogP contribution is 2.39. The summed E-state index contributed by atoms with van der Waals surface area (Å²) < 4.78 is 16.7. The first-order valence-electron chi connectivity index (χ1n) is 6.87. The number of ether oxygens (including phenoxy) is 3. The van der Waals surface area contributed by atoms with Crippen LogP contribution in [0.25, 0.3) is 0 Å². The van der Waals surface area contributed by atoms with Gasteiger partial charge in [0, 0.05) is 18.9 Å². The molecular weight excluding hydrogens is 234 g/mol. The molecule has 1 N–H and O–H groups in total. The number of carbonyl (C=O) groups is 1. The Hall–Kier alpha value is -0.810. The summed E-state index contributed by atoms with van der Waals surface area (Å²) in [5, 5.41) is 2.95. The van der Waals surface area contributed by atoms with Gasteiger partial charge in [-0.15, -0.1) is 0 Å². The SMILES string of the molecule is CC1(OC(=O)NC2CCC3(CC2)OCCO3)CC1. The van der Waals surface area contributed by atoms with Gasteiger partial charge in [-0.2, -0.15) is 0 Å². The summed E-state index contributed by atoms with van der Waals surface area (Å²) in [6.45, 7) is 3.36. The van der Waals surface area contributed by atoms with Crippen molar-refractivity contribution in [1.82, 2.24) is 5.32 Å². The summed E-state index contributed by atoms with van der Waals surface area (Å²) in [7, 11) is 0. The number of carbonyl (C=O) groups excluding carboxylic acids is 1. The second-order valence-electron chi connectivity index (χ2n) is 5.87. The van der Waals surface area contributed by atoms with Crippen molar-refractivity contribution < 1.29 is 19.0 Å². The van der Waals surface area contributed by atoms with E-state index in [1.165, 1.54) is 0 Å². The van der Waals surface area contributed by atoms with E-state index in [0.717, 1.165) is 38.5 Å². The van der Waals surface area contributed by atoms with Gasteiger partial charge in [0.25, 0.3) is 0 Å². The molecule has 3 aliphatic rings. The van der Waals surface area contributed by atoms with Crippen molar-refractivity contribution in [3.05, 3.63) is 0 Å². The lowest BCUT2D eigenvalue weighted by molar-refractivity contribution is -0.179. The summed E-state index contributed by atoms with van der Waals surface area (Å²) >= 11 is 0. The monoisotopic (exact) mass is 255 g/mol. The molecule has 1 heterocycles. The standard InChI is InChI=1S/C13H21NO4/c1-12(6-7-12)18-11(15)14-10-2-4-13(5-3-10)16-8-9-17-13/h10H,2-9H2,1H3,(H,14,15). The molecule has 0 radical (unpaired) electrons. The van der Waals surface area contributed by atoms with Crippen LogP contribution in [0.15, 0.2) is 0 Å². The fourth-order valence-electron chi connectivity index (χ4n) is 2.69. The molecule has 0 unspecified atom stereocenters. The molecule has 2 aliphatic carbocycles. The molecule has 0 aromatic carbocycles. The van der Waals surface area contributed by atoms with Crippen molar-refractivity contribution in [1.29, 1.82) is 0 Å². The molecule has 0 aromatic rings. The zero-order chi connectivity index (χ0) is 12.6. The molecule has 2 saturated carbocycles. The van der Waals surface area contributed by atoms with Crippen LogP contribution in [0.4, 0.5) is 4.79 Å². The predicted molar refractivity (Wildman–Crippen MR) is 64.1 cm³/mol. The van der Waals surface area contributed by atoms with E-state index in [2.05, 4.69) is 5.32 Å². The second-order valence-corrected chi connectivity index (χ2v) is 5.87. The fraction of sp³-hybridized carbons (Fsp3) is 0.923. The lowest BCUT2D eigenvalue weighted by Crippen LogP contribution is -2.44. The smallest absolute Gasteiger partial charge is 0.407 e. The van der Waals surface area contributed by atoms with Gasteiger partial charge in [-0.1, -0.05) is 0 Å². The van der Waals surface area contributed by atoms with Gasteiger partial charge in [0.1, 0.15) is 5.60 Å². The quantitative estimate of drug-likeness (QED) is 0.819. The highest BCUT2D eigenvalue weighted by Gasteiger charge is 2.43. The third-order valence-electron chi connectivity index (χ3n) is 4.18. The zero-order valence-corrected chi connectivity index (χ0v) is 10.9. The molecule has 3 rings (SSSR count). The van der Waals surface area contributed by atoms with Crippen LogP contribution in [0.5, 0.6) is 0 Å². The van der Waals surface area contributed by atoms with Crippen molar-refractivity contribution in [2.24, 2.45) is 0 Å². The van der Waals surface area contributed by atoms with E-state index >= 15 is 0 Å². The van der Waals surface area contributed by atoms with E-state index in [4.69, 9.17) is 14.2 Å². The Morgan fingerprint density at radius 3 is 2.33 bits per heavy atom. The van der Waals surface area contributed by atoms with Crippen molar-refractivity contribution in [2.45, 2.75) is 62.9 Å². The molecule has 1 spiro atoms. The minimum Gasteiger partial charge on any atom is -0.443 e. The zero-order valence-electron chi connectivity index (χ0n) is 10.9. The van der Waals surface area contributed by atoms with Gasteiger partial charge in [0.2, 0.25) is 0 Å². The third-order valence-corrected chi connectivity index (χ3v) is 4.18. The number of hydrogen-bond donors (Lipinski definition) is 1. The van der Waals surface area contributed by atoms with Gasteiger partial charge in [0.15, 0.2) is 5.79 Å². The minimum absolute atomic E-state index is 0.193. The molecule has 5 nitrogen and oxygen atoms in total. The van der Waals surface area contributed by atoms with Gasteiger partial charge in [-0.25, -0.2) is 4.79 Å². The lowest BCUT2D eigenvalue weighted by Gasteiger charge is -2.35. The van der Waals surface area contributed by atoms with Crippen molar-refractivity contribution in [3.8, 4) is 0 Å². The van der Waals surface area contributed by atoms with Crippen LogP contribution in [-0.4, -0.2) is 36.7 Å². The van der Waals surface area contributed by atoms with E-state index < -0.39 is 0 Å². The van der Waals surface area contributed by atoms with Crippen molar-refractivity contribution in [2.75, 3.05) is 13.2 Å². The average Bonchev–Trinajstić information content (AvgIpc) is 2.89. The Balaban J connectivity index is 1.43. The van der Waals surface area contributed by atoms with Crippen LogP contribution in [0.1, 0.15) is 45.4 Å². The summed E-state index contributed by atoms with van der Waals surface area (Å²) in [6.07, 6.45) is 5.19. The summed E-state index contributed by atoms with van der Waals surface area (Å²) in [4.78, 5) is 11.7. The Morgan fingerprint density at radius 1 is 1.17 bits per heavy atom. The number of rotatable bonds is 2. The van der Waals surface area contributed by atoms with E-state index in [1.807, 2.05) is 6.92 Å². The van der Waals surface area contributed by atoms with Crippen LogP contribution >= 0.6 is 0 Å². The van der Waals surface area contributed by atoms with Gasteiger partial charge >= 0.3 is 6.09 Å². The van der Waals surface area contributed by atoms with Gasteiger partial charge in [-0.3, -0.25) is 0 Å². The molecule has 102 valence electrons. The molecule has 1 saturated heterocycles. The van der Waals surface area contributed by atoms with E-state index in [-0.39, 0.29) is 23.5 Å². The van der Waals surface area contributed by atoms with E-state index in [0.29, 0.717) is 13.2 Å². The number of amides is 1. The third kappa shape index (κ3) is 2.62. The molecule has 3 fully saturated rings. The van der Waals surface area contributed by atoms with Crippen LogP contribution in [-0.2, 0) is 14.2 Å². The number of alkyl carbamates (subject to hydrolysis) is 1. The van der Waals surface area contributed by atoms with Crippen LogP contribution in [0, 0.1) is 0 Å². The maximum Gasteiger partial charge on any atom is 0.407 e. The summed E-state index contributed by atoms with van der Waals surface area (Å²) in [5.74, 6) is -0.357. The molecule has 1 amide bonds. The topological polar surface area (TPSA) is 56.8 Å². The maximum absolute atomic E-state index is 11.7. The Kier molecular flexibility index (Phi) is 2.98.